The molecule has 1 saturated heterocycles. The van der Waals surface area contributed by atoms with E-state index in [9.17, 15) is 9.59 Å². The van der Waals surface area contributed by atoms with Crippen LogP contribution in [0.25, 0.3) is 0 Å². The Balaban J connectivity index is 1.52. The minimum atomic E-state index is -0.979. The van der Waals surface area contributed by atoms with E-state index in [0.29, 0.717) is 19.0 Å². The SMILES string of the molecule is CC(C)c1ccccc1OCC(=O)N1CCC(n2cc(C(=O)O)cn2)CC1. The Kier molecular flexibility index (Phi) is 5.78. The number of carbonyl (C=O) groups is 2. The van der Waals surface area contributed by atoms with E-state index in [1.807, 2.05) is 24.3 Å². The van der Waals surface area contributed by atoms with Crippen LogP contribution in [-0.4, -0.2) is 51.4 Å². The van der Waals surface area contributed by atoms with E-state index in [4.69, 9.17) is 9.84 Å². The number of hydrogen-bond acceptors (Lipinski definition) is 4. The van der Waals surface area contributed by atoms with Gasteiger partial charge >= 0.3 is 5.97 Å². The summed E-state index contributed by atoms with van der Waals surface area (Å²) in [6.45, 7) is 5.45. The zero-order valence-corrected chi connectivity index (χ0v) is 15.7. The third-order valence-corrected chi connectivity index (χ3v) is 4.93. The highest BCUT2D eigenvalue weighted by molar-refractivity contribution is 5.86. The van der Waals surface area contributed by atoms with Gasteiger partial charge in [0, 0.05) is 19.3 Å². The molecular weight excluding hydrogens is 346 g/mol. The Morgan fingerprint density at radius 1 is 1.26 bits per heavy atom. The summed E-state index contributed by atoms with van der Waals surface area (Å²) in [7, 11) is 0. The third kappa shape index (κ3) is 4.48. The molecule has 1 N–H and O–H groups in total. The van der Waals surface area contributed by atoms with Crippen LogP contribution in [0.15, 0.2) is 36.7 Å². The van der Waals surface area contributed by atoms with Crippen LogP contribution in [0.4, 0.5) is 0 Å². The zero-order chi connectivity index (χ0) is 19.4. The molecule has 0 unspecified atom stereocenters. The van der Waals surface area contributed by atoms with Crippen LogP contribution < -0.4 is 4.74 Å². The summed E-state index contributed by atoms with van der Waals surface area (Å²) in [5.41, 5.74) is 1.28. The molecule has 2 heterocycles. The topological polar surface area (TPSA) is 84.7 Å². The molecule has 1 aromatic carbocycles. The fraction of sp³-hybridized carbons (Fsp3) is 0.450. The summed E-state index contributed by atoms with van der Waals surface area (Å²) in [4.78, 5) is 25.3. The smallest absolute Gasteiger partial charge is 0.338 e. The first kappa shape index (κ1) is 18.9. The number of benzene rings is 1. The Morgan fingerprint density at radius 3 is 2.59 bits per heavy atom. The Labute approximate surface area is 158 Å². The Morgan fingerprint density at radius 2 is 1.96 bits per heavy atom. The fourth-order valence-corrected chi connectivity index (χ4v) is 3.35. The molecule has 0 bridgehead atoms. The van der Waals surface area contributed by atoms with Crippen molar-refractivity contribution in [2.75, 3.05) is 19.7 Å². The normalized spacial score (nSPS) is 15.1. The molecule has 1 aliphatic rings. The number of carboxylic acids is 1. The number of carbonyl (C=O) groups excluding carboxylic acids is 1. The van der Waals surface area contributed by atoms with E-state index in [1.54, 1.807) is 15.8 Å². The lowest BCUT2D eigenvalue weighted by Crippen LogP contribution is -2.41. The molecule has 1 aromatic heterocycles. The first-order valence-corrected chi connectivity index (χ1v) is 9.22. The van der Waals surface area contributed by atoms with Crippen molar-refractivity contribution in [1.29, 1.82) is 0 Å². The minimum Gasteiger partial charge on any atom is -0.483 e. The van der Waals surface area contributed by atoms with E-state index in [-0.39, 0.29) is 24.1 Å². The number of amides is 1. The summed E-state index contributed by atoms with van der Waals surface area (Å²) in [6.07, 6.45) is 4.40. The van der Waals surface area contributed by atoms with Crippen molar-refractivity contribution in [3.05, 3.63) is 47.8 Å². The average Bonchev–Trinajstić information content (AvgIpc) is 3.17. The van der Waals surface area contributed by atoms with Crippen LogP contribution in [0.1, 0.15) is 54.6 Å². The molecule has 0 radical (unpaired) electrons. The number of piperidine rings is 1. The van der Waals surface area contributed by atoms with Gasteiger partial charge in [0.2, 0.25) is 0 Å². The van der Waals surface area contributed by atoms with Crippen molar-refractivity contribution >= 4 is 11.9 Å². The molecule has 144 valence electrons. The predicted molar refractivity (Wildman–Crippen MR) is 100 cm³/mol. The van der Waals surface area contributed by atoms with Gasteiger partial charge in [0.1, 0.15) is 5.75 Å². The highest BCUT2D eigenvalue weighted by atomic mass is 16.5. The first-order chi connectivity index (χ1) is 13.0. The van der Waals surface area contributed by atoms with Gasteiger partial charge in [-0.2, -0.15) is 5.10 Å². The van der Waals surface area contributed by atoms with Gasteiger partial charge in [-0.25, -0.2) is 4.79 Å². The van der Waals surface area contributed by atoms with Crippen molar-refractivity contribution in [3.8, 4) is 5.75 Å². The molecule has 7 nitrogen and oxygen atoms in total. The van der Waals surface area contributed by atoms with Gasteiger partial charge in [-0.3, -0.25) is 9.48 Å². The molecule has 1 amide bonds. The number of hydrogen-bond donors (Lipinski definition) is 1. The van der Waals surface area contributed by atoms with Crippen molar-refractivity contribution in [1.82, 2.24) is 14.7 Å². The van der Waals surface area contributed by atoms with Crippen LogP contribution in [0, 0.1) is 0 Å². The van der Waals surface area contributed by atoms with E-state index in [2.05, 4.69) is 18.9 Å². The standard InChI is InChI=1S/C20H25N3O4/c1-14(2)17-5-3-4-6-18(17)27-13-19(24)22-9-7-16(8-10-22)23-12-15(11-21-23)20(25)26/h3-6,11-12,14,16H,7-10,13H2,1-2H3,(H,25,26). The molecule has 1 aliphatic heterocycles. The van der Waals surface area contributed by atoms with E-state index in [0.717, 1.165) is 24.2 Å². The summed E-state index contributed by atoms with van der Waals surface area (Å²) in [5.74, 6) is 0.0803. The summed E-state index contributed by atoms with van der Waals surface area (Å²) in [6, 6.07) is 7.91. The lowest BCUT2D eigenvalue weighted by Gasteiger charge is -2.32. The maximum atomic E-state index is 12.5. The average molecular weight is 371 g/mol. The van der Waals surface area contributed by atoms with E-state index >= 15 is 0 Å². The summed E-state index contributed by atoms with van der Waals surface area (Å²) < 4.78 is 7.48. The number of nitrogens with zero attached hydrogens (tertiary/aromatic N) is 3. The molecule has 0 aliphatic carbocycles. The van der Waals surface area contributed by atoms with Crippen molar-refractivity contribution in [2.45, 2.75) is 38.6 Å². The van der Waals surface area contributed by atoms with Crippen LogP contribution in [0.2, 0.25) is 0 Å². The second-order valence-corrected chi connectivity index (χ2v) is 7.11. The van der Waals surface area contributed by atoms with Gasteiger partial charge in [-0.05, 0) is 30.4 Å². The number of carboxylic acid groups (broad SMARTS) is 1. The van der Waals surface area contributed by atoms with Gasteiger partial charge in [-0.1, -0.05) is 32.0 Å². The predicted octanol–water partition coefficient (Wildman–Crippen LogP) is 2.95. The molecule has 2 aromatic rings. The second kappa shape index (κ2) is 8.24. The zero-order valence-electron chi connectivity index (χ0n) is 15.7. The maximum Gasteiger partial charge on any atom is 0.338 e. The van der Waals surface area contributed by atoms with Crippen molar-refractivity contribution in [2.24, 2.45) is 0 Å². The maximum absolute atomic E-state index is 12.5. The van der Waals surface area contributed by atoms with Gasteiger partial charge in [0.05, 0.1) is 17.8 Å². The quantitative estimate of drug-likeness (QED) is 0.844. The fourth-order valence-electron chi connectivity index (χ4n) is 3.35. The van der Waals surface area contributed by atoms with Crippen LogP contribution in [0.5, 0.6) is 5.75 Å². The number of rotatable bonds is 6. The van der Waals surface area contributed by atoms with Gasteiger partial charge in [0.15, 0.2) is 6.61 Å². The highest BCUT2D eigenvalue weighted by Gasteiger charge is 2.25. The minimum absolute atomic E-state index is 0.0271. The Bertz CT molecular complexity index is 807. The second-order valence-electron chi connectivity index (χ2n) is 7.11. The van der Waals surface area contributed by atoms with Gasteiger partial charge < -0.3 is 14.7 Å². The van der Waals surface area contributed by atoms with E-state index < -0.39 is 5.97 Å². The largest absolute Gasteiger partial charge is 0.483 e. The number of aromatic nitrogens is 2. The van der Waals surface area contributed by atoms with Gasteiger partial charge in [-0.15, -0.1) is 0 Å². The molecule has 0 spiro atoms. The summed E-state index contributed by atoms with van der Waals surface area (Å²) >= 11 is 0. The van der Waals surface area contributed by atoms with Crippen molar-refractivity contribution < 1.29 is 19.4 Å². The molecule has 1 fully saturated rings. The lowest BCUT2D eigenvalue weighted by atomic mass is 10.0. The highest BCUT2D eigenvalue weighted by Crippen LogP contribution is 2.26. The molecule has 3 rings (SSSR count). The third-order valence-electron chi connectivity index (χ3n) is 4.93. The van der Waals surface area contributed by atoms with Crippen LogP contribution >= 0.6 is 0 Å². The Hall–Kier alpha value is -2.83. The monoisotopic (exact) mass is 371 g/mol. The van der Waals surface area contributed by atoms with Crippen LogP contribution in [-0.2, 0) is 4.79 Å². The molecule has 7 heteroatoms. The lowest BCUT2D eigenvalue weighted by molar-refractivity contribution is -0.134. The number of likely N-dealkylation sites (tertiary alicyclic amines) is 1. The molecule has 27 heavy (non-hydrogen) atoms. The molecule has 0 saturated carbocycles. The summed E-state index contributed by atoms with van der Waals surface area (Å²) in [5, 5.41) is 13.1. The van der Waals surface area contributed by atoms with Crippen molar-refractivity contribution in [3.63, 3.8) is 0 Å². The van der Waals surface area contributed by atoms with E-state index in [1.165, 1.54) is 6.20 Å². The number of aromatic carboxylic acids is 1. The number of ether oxygens (including phenoxy) is 1. The van der Waals surface area contributed by atoms with Crippen LogP contribution in [0.3, 0.4) is 0 Å². The first-order valence-electron chi connectivity index (χ1n) is 9.22. The number of para-hydroxylation sites is 1. The van der Waals surface area contributed by atoms with Gasteiger partial charge in [0.25, 0.3) is 5.91 Å². The molecule has 0 atom stereocenters. The molecular formula is C20H25N3O4.